The number of benzene rings is 1. The third-order valence-corrected chi connectivity index (χ3v) is 2.67. The van der Waals surface area contributed by atoms with Crippen molar-refractivity contribution in [3.05, 3.63) is 40.9 Å². The third kappa shape index (κ3) is 1.88. The van der Waals surface area contributed by atoms with Crippen molar-refractivity contribution in [1.29, 1.82) is 5.26 Å². The fraction of sp³-hybridized carbons (Fsp3) is 0. The standard InChI is InChI=1S/C11H6BrN3O/c12-10-2-7(3-13)1-9(11(10)16)8-4-14-6-15-5-8/h1-2,4-6,16H. The molecule has 0 saturated carbocycles. The van der Waals surface area contributed by atoms with Gasteiger partial charge >= 0.3 is 0 Å². The Balaban J connectivity index is 2.66. The summed E-state index contributed by atoms with van der Waals surface area (Å²) < 4.78 is 0.477. The van der Waals surface area contributed by atoms with Crippen LogP contribution in [0, 0.1) is 11.3 Å². The number of aromatic nitrogens is 2. The van der Waals surface area contributed by atoms with Crippen LogP contribution in [-0.4, -0.2) is 15.1 Å². The van der Waals surface area contributed by atoms with Crippen LogP contribution in [0.2, 0.25) is 0 Å². The van der Waals surface area contributed by atoms with Crippen LogP contribution in [0.1, 0.15) is 5.56 Å². The maximum atomic E-state index is 9.86. The van der Waals surface area contributed by atoms with Crippen molar-refractivity contribution in [3.63, 3.8) is 0 Å². The van der Waals surface area contributed by atoms with Gasteiger partial charge in [0, 0.05) is 23.5 Å². The molecule has 16 heavy (non-hydrogen) atoms. The first-order valence-corrected chi connectivity index (χ1v) is 5.19. The van der Waals surface area contributed by atoms with E-state index in [0.29, 0.717) is 21.2 Å². The molecule has 0 saturated heterocycles. The van der Waals surface area contributed by atoms with Crippen LogP contribution in [0.5, 0.6) is 5.75 Å². The highest BCUT2D eigenvalue weighted by Gasteiger charge is 2.10. The van der Waals surface area contributed by atoms with Gasteiger partial charge in [0.25, 0.3) is 0 Å². The van der Waals surface area contributed by atoms with Crippen LogP contribution in [0.15, 0.2) is 35.3 Å². The maximum Gasteiger partial charge on any atom is 0.137 e. The Kier molecular flexibility index (Phi) is 2.84. The van der Waals surface area contributed by atoms with Gasteiger partial charge in [-0.1, -0.05) is 0 Å². The highest BCUT2D eigenvalue weighted by molar-refractivity contribution is 9.10. The van der Waals surface area contributed by atoms with Crippen molar-refractivity contribution in [2.24, 2.45) is 0 Å². The lowest BCUT2D eigenvalue weighted by atomic mass is 10.1. The zero-order chi connectivity index (χ0) is 11.5. The topological polar surface area (TPSA) is 69.8 Å². The second kappa shape index (κ2) is 4.29. The van der Waals surface area contributed by atoms with Gasteiger partial charge in [-0.2, -0.15) is 5.26 Å². The van der Waals surface area contributed by atoms with Gasteiger partial charge in [-0.05, 0) is 28.1 Å². The Morgan fingerprint density at radius 2 is 1.94 bits per heavy atom. The van der Waals surface area contributed by atoms with Gasteiger partial charge in [0.2, 0.25) is 0 Å². The Labute approximate surface area is 100 Å². The third-order valence-electron chi connectivity index (χ3n) is 2.06. The Morgan fingerprint density at radius 3 is 2.56 bits per heavy atom. The fourth-order valence-electron chi connectivity index (χ4n) is 1.32. The monoisotopic (exact) mass is 275 g/mol. The van der Waals surface area contributed by atoms with E-state index < -0.39 is 0 Å². The molecule has 0 unspecified atom stereocenters. The summed E-state index contributed by atoms with van der Waals surface area (Å²) in [4.78, 5) is 7.73. The van der Waals surface area contributed by atoms with E-state index in [1.807, 2.05) is 6.07 Å². The summed E-state index contributed by atoms with van der Waals surface area (Å²) in [6, 6.07) is 5.18. The lowest BCUT2D eigenvalue weighted by Crippen LogP contribution is -1.86. The molecular weight excluding hydrogens is 270 g/mol. The number of phenolic OH excluding ortho intramolecular Hbond substituents is 1. The van der Waals surface area contributed by atoms with E-state index in [-0.39, 0.29) is 5.75 Å². The zero-order valence-corrected chi connectivity index (χ0v) is 9.64. The summed E-state index contributed by atoms with van der Waals surface area (Å²) in [5.41, 5.74) is 1.66. The second-order valence-electron chi connectivity index (χ2n) is 3.09. The minimum atomic E-state index is 0.0776. The van der Waals surface area contributed by atoms with Crippen LogP contribution >= 0.6 is 15.9 Å². The summed E-state index contributed by atoms with van der Waals surface area (Å²) in [6.45, 7) is 0. The molecular formula is C11H6BrN3O. The highest BCUT2D eigenvalue weighted by Crippen LogP contribution is 2.35. The van der Waals surface area contributed by atoms with E-state index in [0.717, 1.165) is 0 Å². The van der Waals surface area contributed by atoms with Gasteiger partial charge in [0.1, 0.15) is 12.1 Å². The van der Waals surface area contributed by atoms with Gasteiger partial charge in [0.15, 0.2) is 0 Å². The number of hydrogen-bond donors (Lipinski definition) is 1. The summed E-state index contributed by atoms with van der Waals surface area (Å²) in [5, 5.41) is 18.7. The fourth-order valence-corrected chi connectivity index (χ4v) is 1.78. The van der Waals surface area contributed by atoms with Gasteiger partial charge in [0.05, 0.1) is 16.1 Å². The number of phenols is 1. The van der Waals surface area contributed by atoms with Gasteiger partial charge in [-0.15, -0.1) is 0 Å². The quantitative estimate of drug-likeness (QED) is 0.868. The molecule has 2 rings (SSSR count). The van der Waals surface area contributed by atoms with Crippen LogP contribution in [-0.2, 0) is 0 Å². The largest absolute Gasteiger partial charge is 0.506 e. The summed E-state index contributed by atoms with van der Waals surface area (Å²) in [6.07, 6.45) is 4.56. The van der Waals surface area contributed by atoms with Crippen molar-refractivity contribution in [2.75, 3.05) is 0 Å². The van der Waals surface area contributed by atoms with Crippen molar-refractivity contribution < 1.29 is 5.11 Å². The van der Waals surface area contributed by atoms with E-state index in [2.05, 4.69) is 25.9 Å². The molecule has 0 aliphatic rings. The number of hydrogen-bond acceptors (Lipinski definition) is 4. The van der Waals surface area contributed by atoms with E-state index >= 15 is 0 Å². The van der Waals surface area contributed by atoms with Crippen LogP contribution in [0.4, 0.5) is 0 Å². The van der Waals surface area contributed by atoms with Crippen LogP contribution < -0.4 is 0 Å². The first-order chi connectivity index (χ1) is 7.72. The molecule has 0 atom stereocenters. The highest BCUT2D eigenvalue weighted by atomic mass is 79.9. The number of nitrogens with zero attached hydrogens (tertiary/aromatic N) is 3. The molecule has 0 radical (unpaired) electrons. The summed E-state index contributed by atoms with van der Waals surface area (Å²) in [7, 11) is 0. The molecule has 1 N–H and O–H groups in total. The SMILES string of the molecule is N#Cc1cc(Br)c(O)c(-c2cncnc2)c1. The van der Waals surface area contributed by atoms with Crippen molar-refractivity contribution in [2.45, 2.75) is 0 Å². The van der Waals surface area contributed by atoms with E-state index in [1.165, 1.54) is 6.33 Å². The first kappa shape index (κ1) is 10.6. The van der Waals surface area contributed by atoms with Gasteiger partial charge in [-0.3, -0.25) is 0 Å². The van der Waals surface area contributed by atoms with Crippen molar-refractivity contribution in [1.82, 2.24) is 9.97 Å². The van der Waals surface area contributed by atoms with Crippen LogP contribution in [0.25, 0.3) is 11.1 Å². The van der Waals surface area contributed by atoms with Gasteiger partial charge in [-0.25, -0.2) is 9.97 Å². The molecule has 78 valence electrons. The molecule has 0 aliphatic heterocycles. The lowest BCUT2D eigenvalue weighted by molar-refractivity contribution is 0.474. The smallest absolute Gasteiger partial charge is 0.137 e. The average molecular weight is 276 g/mol. The number of rotatable bonds is 1. The average Bonchev–Trinajstić information content (AvgIpc) is 2.33. The number of nitriles is 1. The molecule has 0 amide bonds. The minimum absolute atomic E-state index is 0.0776. The molecule has 0 spiro atoms. The zero-order valence-electron chi connectivity index (χ0n) is 8.05. The number of aromatic hydroxyl groups is 1. The van der Waals surface area contributed by atoms with Gasteiger partial charge < -0.3 is 5.11 Å². The molecule has 1 aromatic heterocycles. The number of halogens is 1. The van der Waals surface area contributed by atoms with Crippen molar-refractivity contribution >= 4 is 15.9 Å². The Bertz CT molecular complexity index is 563. The van der Waals surface area contributed by atoms with Crippen molar-refractivity contribution in [3.8, 4) is 22.9 Å². The lowest BCUT2D eigenvalue weighted by Gasteiger charge is -2.06. The second-order valence-corrected chi connectivity index (χ2v) is 3.95. The predicted molar refractivity (Wildman–Crippen MR) is 61.5 cm³/mol. The molecule has 1 aromatic carbocycles. The maximum absolute atomic E-state index is 9.86. The molecule has 4 nitrogen and oxygen atoms in total. The normalized spacial score (nSPS) is 9.75. The van der Waals surface area contributed by atoms with E-state index in [9.17, 15) is 5.11 Å². The molecule has 0 bridgehead atoms. The molecule has 0 fully saturated rings. The van der Waals surface area contributed by atoms with E-state index in [4.69, 9.17) is 5.26 Å². The summed E-state index contributed by atoms with van der Waals surface area (Å²) >= 11 is 3.19. The van der Waals surface area contributed by atoms with E-state index in [1.54, 1.807) is 24.5 Å². The Morgan fingerprint density at radius 1 is 1.25 bits per heavy atom. The molecule has 1 heterocycles. The Hall–Kier alpha value is -1.93. The molecule has 0 aliphatic carbocycles. The summed E-state index contributed by atoms with van der Waals surface area (Å²) in [5.74, 6) is 0.0776. The molecule has 2 aromatic rings. The molecule has 5 heteroatoms. The minimum Gasteiger partial charge on any atom is -0.506 e. The first-order valence-electron chi connectivity index (χ1n) is 4.40. The van der Waals surface area contributed by atoms with Crippen LogP contribution in [0.3, 0.4) is 0 Å². The predicted octanol–water partition coefficient (Wildman–Crippen LogP) is 2.48.